The molecule has 22 heavy (non-hydrogen) atoms. The molecular weight excluding hydrogens is 278 g/mol. The number of rotatable bonds is 4. The summed E-state index contributed by atoms with van der Waals surface area (Å²) >= 11 is 0. The van der Waals surface area contributed by atoms with E-state index in [4.69, 9.17) is 9.47 Å². The first kappa shape index (κ1) is 14.1. The molecule has 0 spiro atoms. The quantitative estimate of drug-likeness (QED) is 0.742. The van der Waals surface area contributed by atoms with Crippen molar-refractivity contribution < 1.29 is 9.47 Å². The topological polar surface area (TPSA) is 49.2 Å². The Bertz CT molecular complexity index is 697. The van der Waals surface area contributed by atoms with Crippen LogP contribution in [0.1, 0.15) is 0 Å². The predicted molar refractivity (Wildman–Crippen MR) is 85.0 cm³/mol. The highest BCUT2D eigenvalue weighted by Crippen LogP contribution is 2.26. The SMILES string of the molecule is COc1ccc(-c2nnc(-c3ccc(OC)cc3)n2C)cc1. The summed E-state index contributed by atoms with van der Waals surface area (Å²) in [5.74, 6) is 3.27. The van der Waals surface area contributed by atoms with Gasteiger partial charge in [0.25, 0.3) is 0 Å². The number of hydrogen-bond donors (Lipinski definition) is 0. The van der Waals surface area contributed by atoms with Crippen LogP contribution in [0, 0.1) is 0 Å². The molecule has 1 aromatic heterocycles. The lowest BCUT2D eigenvalue weighted by atomic mass is 10.2. The van der Waals surface area contributed by atoms with Gasteiger partial charge in [0.2, 0.25) is 0 Å². The normalized spacial score (nSPS) is 10.5. The number of ether oxygens (including phenoxy) is 2. The zero-order valence-corrected chi connectivity index (χ0v) is 12.8. The van der Waals surface area contributed by atoms with E-state index in [9.17, 15) is 0 Å². The number of benzene rings is 2. The highest BCUT2D eigenvalue weighted by Gasteiger charge is 2.12. The summed E-state index contributed by atoms with van der Waals surface area (Å²) in [4.78, 5) is 0. The van der Waals surface area contributed by atoms with Crippen LogP contribution in [0.15, 0.2) is 48.5 Å². The lowest BCUT2D eigenvalue weighted by molar-refractivity contribution is 0.415. The van der Waals surface area contributed by atoms with Crippen molar-refractivity contribution in [3.63, 3.8) is 0 Å². The fraction of sp³-hybridized carbons (Fsp3) is 0.176. The molecule has 0 radical (unpaired) electrons. The first-order valence-electron chi connectivity index (χ1n) is 6.91. The molecule has 0 aliphatic heterocycles. The van der Waals surface area contributed by atoms with Gasteiger partial charge in [-0.3, -0.25) is 0 Å². The van der Waals surface area contributed by atoms with Crippen molar-refractivity contribution in [2.24, 2.45) is 7.05 Å². The number of aromatic nitrogens is 3. The average Bonchev–Trinajstić information content (AvgIpc) is 2.96. The summed E-state index contributed by atoms with van der Waals surface area (Å²) in [5, 5.41) is 8.60. The smallest absolute Gasteiger partial charge is 0.163 e. The Balaban J connectivity index is 1.96. The van der Waals surface area contributed by atoms with E-state index < -0.39 is 0 Å². The van der Waals surface area contributed by atoms with Gasteiger partial charge in [-0.15, -0.1) is 10.2 Å². The largest absolute Gasteiger partial charge is 0.497 e. The molecule has 0 saturated heterocycles. The standard InChI is InChI=1S/C17H17N3O2/c1-20-16(12-4-8-14(21-2)9-5-12)18-19-17(20)13-6-10-15(22-3)11-7-13/h4-11H,1-3H3. The summed E-state index contributed by atoms with van der Waals surface area (Å²) in [7, 11) is 5.26. The molecule has 0 aliphatic rings. The fourth-order valence-electron chi connectivity index (χ4n) is 2.31. The summed E-state index contributed by atoms with van der Waals surface area (Å²) in [6.07, 6.45) is 0. The highest BCUT2D eigenvalue weighted by molar-refractivity contribution is 5.63. The second kappa shape index (κ2) is 5.89. The van der Waals surface area contributed by atoms with Crippen molar-refractivity contribution in [2.45, 2.75) is 0 Å². The molecule has 5 nitrogen and oxygen atoms in total. The number of nitrogens with zero attached hydrogens (tertiary/aromatic N) is 3. The van der Waals surface area contributed by atoms with E-state index in [-0.39, 0.29) is 0 Å². The molecule has 0 amide bonds. The molecule has 0 atom stereocenters. The Morgan fingerprint density at radius 2 is 1.05 bits per heavy atom. The van der Waals surface area contributed by atoms with E-state index in [1.807, 2.05) is 60.1 Å². The van der Waals surface area contributed by atoms with Crippen molar-refractivity contribution in [3.8, 4) is 34.3 Å². The van der Waals surface area contributed by atoms with Crippen LogP contribution in [0.3, 0.4) is 0 Å². The minimum absolute atomic E-state index is 0.813. The third kappa shape index (κ3) is 2.53. The second-order valence-corrected chi connectivity index (χ2v) is 4.86. The van der Waals surface area contributed by atoms with E-state index in [1.165, 1.54) is 0 Å². The van der Waals surface area contributed by atoms with Crippen LogP contribution in [0.25, 0.3) is 22.8 Å². The van der Waals surface area contributed by atoms with Gasteiger partial charge in [0.05, 0.1) is 14.2 Å². The van der Waals surface area contributed by atoms with Gasteiger partial charge in [-0.25, -0.2) is 0 Å². The minimum Gasteiger partial charge on any atom is -0.497 e. The van der Waals surface area contributed by atoms with Gasteiger partial charge in [-0.2, -0.15) is 0 Å². The molecule has 3 rings (SSSR count). The Kier molecular flexibility index (Phi) is 3.78. The molecular formula is C17H17N3O2. The maximum Gasteiger partial charge on any atom is 0.163 e. The number of hydrogen-bond acceptors (Lipinski definition) is 4. The van der Waals surface area contributed by atoms with Crippen LogP contribution in [0.2, 0.25) is 0 Å². The lowest BCUT2D eigenvalue weighted by Crippen LogP contribution is -1.96. The maximum atomic E-state index is 5.18. The Labute approximate surface area is 129 Å². The summed E-state index contributed by atoms with van der Waals surface area (Å²) < 4.78 is 12.3. The molecule has 2 aromatic carbocycles. The van der Waals surface area contributed by atoms with Crippen molar-refractivity contribution in [1.82, 2.24) is 14.8 Å². The zero-order chi connectivity index (χ0) is 15.5. The first-order valence-corrected chi connectivity index (χ1v) is 6.91. The molecule has 0 N–H and O–H groups in total. The minimum atomic E-state index is 0.813. The molecule has 5 heteroatoms. The predicted octanol–water partition coefficient (Wildman–Crippen LogP) is 3.17. The van der Waals surface area contributed by atoms with Crippen LogP contribution in [0.4, 0.5) is 0 Å². The fourth-order valence-corrected chi connectivity index (χ4v) is 2.31. The molecule has 112 valence electrons. The van der Waals surface area contributed by atoms with Crippen molar-refractivity contribution in [1.29, 1.82) is 0 Å². The van der Waals surface area contributed by atoms with E-state index in [0.717, 1.165) is 34.3 Å². The maximum absolute atomic E-state index is 5.18. The van der Waals surface area contributed by atoms with Crippen LogP contribution >= 0.6 is 0 Å². The molecule has 0 aliphatic carbocycles. The first-order chi connectivity index (χ1) is 10.7. The third-order valence-electron chi connectivity index (χ3n) is 3.57. The Morgan fingerprint density at radius 1 is 0.682 bits per heavy atom. The monoisotopic (exact) mass is 295 g/mol. The van der Waals surface area contributed by atoms with Gasteiger partial charge < -0.3 is 14.0 Å². The molecule has 0 unspecified atom stereocenters. The molecule has 0 saturated carbocycles. The molecule has 3 aromatic rings. The van der Waals surface area contributed by atoms with E-state index in [0.29, 0.717) is 0 Å². The Morgan fingerprint density at radius 3 is 1.36 bits per heavy atom. The van der Waals surface area contributed by atoms with Crippen molar-refractivity contribution in [3.05, 3.63) is 48.5 Å². The summed E-state index contributed by atoms with van der Waals surface area (Å²) in [6.45, 7) is 0. The van der Waals surface area contributed by atoms with Gasteiger partial charge in [0.1, 0.15) is 11.5 Å². The summed E-state index contributed by atoms with van der Waals surface area (Å²) in [5.41, 5.74) is 1.99. The zero-order valence-electron chi connectivity index (χ0n) is 12.8. The lowest BCUT2D eigenvalue weighted by Gasteiger charge is -2.06. The van der Waals surface area contributed by atoms with Crippen LogP contribution in [0.5, 0.6) is 11.5 Å². The van der Waals surface area contributed by atoms with E-state index >= 15 is 0 Å². The van der Waals surface area contributed by atoms with E-state index in [1.54, 1.807) is 14.2 Å². The van der Waals surface area contributed by atoms with Gasteiger partial charge in [0, 0.05) is 18.2 Å². The van der Waals surface area contributed by atoms with Gasteiger partial charge in [-0.1, -0.05) is 0 Å². The van der Waals surface area contributed by atoms with Gasteiger partial charge in [-0.05, 0) is 48.5 Å². The van der Waals surface area contributed by atoms with Gasteiger partial charge in [0.15, 0.2) is 11.6 Å². The van der Waals surface area contributed by atoms with E-state index in [2.05, 4.69) is 10.2 Å². The van der Waals surface area contributed by atoms with Crippen molar-refractivity contribution >= 4 is 0 Å². The van der Waals surface area contributed by atoms with Crippen LogP contribution < -0.4 is 9.47 Å². The Hall–Kier alpha value is -2.82. The van der Waals surface area contributed by atoms with Crippen LogP contribution in [-0.4, -0.2) is 29.0 Å². The van der Waals surface area contributed by atoms with Crippen molar-refractivity contribution in [2.75, 3.05) is 14.2 Å². The summed E-state index contributed by atoms with van der Waals surface area (Å²) in [6, 6.07) is 15.5. The number of methoxy groups -OCH3 is 2. The highest BCUT2D eigenvalue weighted by atomic mass is 16.5. The van der Waals surface area contributed by atoms with Gasteiger partial charge >= 0.3 is 0 Å². The molecule has 0 fully saturated rings. The molecule has 1 heterocycles. The van der Waals surface area contributed by atoms with Crippen LogP contribution in [-0.2, 0) is 7.05 Å². The third-order valence-corrected chi connectivity index (χ3v) is 3.57. The second-order valence-electron chi connectivity index (χ2n) is 4.86. The average molecular weight is 295 g/mol. The molecule has 0 bridgehead atoms.